The van der Waals surface area contributed by atoms with E-state index in [2.05, 4.69) is 20.0 Å². The molecule has 0 unspecified atom stereocenters. The molecule has 0 amide bonds. The number of hydrogen-bond donors (Lipinski definition) is 1. The Morgan fingerprint density at radius 2 is 1.82 bits per heavy atom. The third-order valence-corrected chi connectivity index (χ3v) is 4.31. The molecule has 0 aliphatic rings. The number of benzene rings is 1. The summed E-state index contributed by atoms with van der Waals surface area (Å²) in [4.78, 5) is 19.0. The number of anilines is 1. The van der Waals surface area contributed by atoms with Crippen LogP contribution in [0.15, 0.2) is 35.5 Å². The van der Waals surface area contributed by atoms with E-state index in [1.165, 1.54) is 18.5 Å². The number of hydrogen-bond acceptors (Lipinski definition) is 8. The summed E-state index contributed by atoms with van der Waals surface area (Å²) in [6, 6.07) is 3.04. The van der Waals surface area contributed by atoms with Crippen LogP contribution < -0.4 is 10.1 Å². The fourth-order valence-corrected chi connectivity index (χ4v) is 2.76. The minimum absolute atomic E-state index is 0.0797. The number of sulfone groups is 1. The molecule has 1 N–H and O–H groups in total. The summed E-state index contributed by atoms with van der Waals surface area (Å²) in [5, 5.41) is 2.72. The van der Waals surface area contributed by atoms with E-state index in [0.29, 0.717) is 0 Å². The molecule has 12 heteroatoms. The Morgan fingerprint density at radius 1 is 1.18 bits per heavy atom. The average molecular weight is 419 g/mol. The summed E-state index contributed by atoms with van der Waals surface area (Å²) in [5.74, 6) is -1.18. The fraction of sp³-hybridized carbons (Fsp3) is 0.312. The van der Waals surface area contributed by atoms with E-state index >= 15 is 0 Å². The van der Waals surface area contributed by atoms with E-state index in [4.69, 9.17) is 4.74 Å². The standard InChI is InChI=1S/C16H16F3N3O5S/c1-3-26-14(23)11-8-21-15(22-9-11)20-7-10-4-12(27-16(17,18)19)6-13(5-10)28(2,24)25/h4-6,8-9H,3,7H2,1-2H3,(H,20,21,22). The summed E-state index contributed by atoms with van der Waals surface area (Å²) in [5.41, 5.74) is 0.326. The largest absolute Gasteiger partial charge is 0.573 e. The quantitative estimate of drug-likeness (QED) is 0.683. The molecule has 0 atom stereocenters. The van der Waals surface area contributed by atoms with Crippen molar-refractivity contribution < 1.29 is 35.9 Å². The fourth-order valence-electron chi connectivity index (χ4n) is 2.06. The van der Waals surface area contributed by atoms with Crippen LogP contribution in [0.1, 0.15) is 22.8 Å². The summed E-state index contributed by atoms with van der Waals surface area (Å²) < 4.78 is 69.4. The van der Waals surface area contributed by atoms with Crippen LogP contribution in [-0.2, 0) is 21.1 Å². The lowest BCUT2D eigenvalue weighted by molar-refractivity contribution is -0.274. The van der Waals surface area contributed by atoms with Gasteiger partial charge in [0.1, 0.15) is 5.75 Å². The van der Waals surface area contributed by atoms with Crippen molar-refractivity contribution in [3.8, 4) is 5.75 Å². The molecule has 0 saturated heterocycles. The molecule has 2 rings (SSSR count). The van der Waals surface area contributed by atoms with Crippen molar-refractivity contribution in [1.29, 1.82) is 0 Å². The van der Waals surface area contributed by atoms with Crippen LogP contribution in [0.5, 0.6) is 5.75 Å². The van der Waals surface area contributed by atoms with Crippen molar-refractivity contribution in [3.05, 3.63) is 41.7 Å². The zero-order chi connectivity index (χ0) is 20.9. The number of halogens is 3. The van der Waals surface area contributed by atoms with Gasteiger partial charge in [-0.15, -0.1) is 13.2 Å². The van der Waals surface area contributed by atoms with Crippen LogP contribution in [-0.4, -0.2) is 43.6 Å². The Morgan fingerprint density at radius 3 is 2.36 bits per heavy atom. The first-order chi connectivity index (χ1) is 13.0. The van der Waals surface area contributed by atoms with Crippen molar-refractivity contribution in [2.75, 3.05) is 18.2 Å². The van der Waals surface area contributed by atoms with Gasteiger partial charge >= 0.3 is 12.3 Å². The van der Waals surface area contributed by atoms with Gasteiger partial charge in [-0.25, -0.2) is 23.2 Å². The third-order valence-electron chi connectivity index (χ3n) is 3.22. The van der Waals surface area contributed by atoms with E-state index in [1.54, 1.807) is 6.92 Å². The normalized spacial score (nSPS) is 11.8. The maximum Gasteiger partial charge on any atom is 0.573 e. The molecular formula is C16H16F3N3O5S. The van der Waals surface area contributed by atoms with Gasteiger partial charge in [0.25, 0.3) is 0 Å². The van der Waals surface area contributed by atoms with Crippen LogP contribution in [0.3, 0.4) is 0 Å². The number of nitrogens with one attached hydrogen (secondary N) is 1. The molecule has 0 bridgehead atoms. The zero-order valence-corrected chi connectivity index (χ0v) is 15.6. The number of alkyl halides is 3. The Labute approximate surface area is 158 Å². The second-order valence-corrected chi connectivity index (χ2v) is 7.52. The van der Waals surface area contributed by atoms with Crippen molar-refractivity contribution >= 4 is 21.8 Å². The van der Waals surface area contributed by atoms with Gasteiger partial charge in [0.2, 0.25) is 5.95 Å². The highest BCUT2D eigenvalue weighted by Gasteiger charge is 2.31. The Bertz CT molecular complexity index is 947. The highest BCUT2D eigenvalue weighted by atomic mass is 32.2. The summed E-state index contributed by atoms with van der Waals surface area (Å²) in [6.45, 7) is 1.75. The first-order valence-electron chi connectivity index (χ1n) is 7.81. The zero-order valence-electron chi connectivity index (χ0n) is 14.8. The molecule has 0 saturated carbocycles. The lowest BCUT2D eigenvalue weighted by atomic mass is 10.2. The van der Waals surface area contributed by atoms with Gasteiger partial charge in [-0.3, -0.25) is 0 Å². The minimum atomic E-state index is -4.97. The van der Waals surface area contributed by atoms with Gasteiger partial charge in [-0.05, 0) is 30.7 Å². The van der Waals surface area contributed by atoms with Crippen LogP contribution in [0.2, 0.25) is 0 Å². The molecule has 0 radical (unpaired) electrons. The van der Waals surface area contributed by atoms with Crippen molar-refractivity contribution in [2.24, 2.45) is 0 Å². The molecule has 0 fully saturated rings. The van der Waals surface area contributed by atoms with Crippen molar-refractivity contribution in [3.63, 3.8) is 0 Å². The highest BCUT2D eigenvalue weighted by Crippen LogP contribution is 2.27. The second-order valence-electron chi connectivity index (χ2n) is 5.50. The predicted molar refractivity (Wildman–Crippen MR) is 91.6 cm³/mol. The van der Waals surface area contributed by atoms with Gasteiger partial charge in [-0.2, -0.15) is 0 Å². The van der Waals surface area contributed by atoms with Gasteiger partial charge < -0.3 is 14.8 Å². The van der Waals surface area contributed by atoms with E-state index in [-0.39, 0.29) is 35.1 Å². The van der Waals surface area contributed by atoms with Crippen LogP contribution in [0.4, 0.5) is 19.1 Å². The molecule has 1 heterocycles. The van der Waals surface area contributed by atoms with E-state index in [1.807, 2.05) is 0 Å². The van der Waals surface area contributed by atoms with Crippen LogP contribution in [0, 0.1) is 0 Å². The maximum absolute atomic E-state index is 12.5. The average Bonchev–Trinajstić information content (AvgIpc) is 2.58. The van der Waals surface area contributed by atoms with Crippen molar-refractivity contribution in [1.82, 2.24) is 9.97 Å². The summed E-state index contributed by atoms with van der Waals surface area (Å²) in [6.07, 6.45) is -1.65. The molecule has 0 spiro atoms. The number of rotatable bonds is 7. The van der Waals surface area contributed by atoms with Gasteiger partial charge in [0.05, 0.1) is 17.1 Å². The number of carbonyl (C=O) groups is 1. The molecule has 1 aromatic carbocycles. The minimum Gasteiger partial charge on any atom is -0.462 e. The smallest absolute Gasteiger partial charge is 0.462 e. The Balaban J connectivity index is 2.18. The summed E-state index contributed by atoms with van der Waals surface area (Å²) >= 11 is 0. The van der Waals surface area contributed by atoms with Crippen LogP contribution in [0.25, 0.3) is 0 Å². The molecular weight excluding hydrogens is 403 g/mol. The number of ether oxygens (including phenoxy) is 2. The Kier molecular flexibility index (Phi) is 6.44. The Hall–Kier alpha value is -2.89. The number of aromatic nitrogens is 2. The third kappa shape index (κ3) is 6.37. The lowest BCUT2D eigenvalue weighted by Crippen LogP contribution is -2.18. The summed E-state index contributed by atoms with van der Waals surface area (Å²) in [7, 11) is -3.76. The molecule has 1 aromatic heterocycles. The SMILES string of the molecule is CCOC(=O)c1cnc(NCc2cc(OC(F)(F)F)cc(S(C)(=O)=O)c2)nc1. The maximum atomic E-state index is 12.5. The molecule has 152 valence electrons. The molecule has 0 aliphatic carbocycles. The van der Waals surface area contributed by atoms with E-state index < -0.39 is 27.9 Å². The number of esters is 1. The topological polar surface area (TPSA) is 107 Å². The second kappa shape index (κ2) is 8.42. The van der Waals surface area contributed by atoms with E-state index in [0.717, 1.165) is 18.4 Å². The highest BCUT2D eigenvalue weighted by molar-refractivity contribution is 7.90. The lowest BCUT2D eigenvalue weighted by Gasteiger charge is -2.12. The van der Waals surface area contributed by atoms with Gasteiger partial charge in [0, 0.05) is 25.2 Å². The van der Waals surface area contributed by atoms with Crippen molar-refractivity contribution in [2.45, 2.75) is 24.7 Å². The molecule has 28 heavy (non-hydrogen) atoms. The van der Waals surface area contributed by atoms with Gasteiger partial charge in [-0.1, -0.05) is 0 Å². The number of carbonyl (C=O) groups excluding carboxylic acids is 1. The predicted octanol–water partition coefficient (Wildman–Crippen LogP) is 2.57. The molecule has 2 aromatic rings. The monoisotopic (exact) mass is 419 g/mol. The van der Waals surface area contributed by atoms with E-state index in [9.17, 15) is 26.4 Å². The first kappa shape index (κ1) is 21.4. The van der Waals surface area contributed by atoms with Gasteiger partial charge in [0.15, 0.2) is 9.84 Å². The number of nitrogens with zero attached hydrogens (tertiary/aromatic N) is 2. The first-order valence-corrected chi connectivity index (χ1v) is 9.70. The molecule has 0 aliphatic heterocycles. The van der Waals surface area contributed by atoms with Crippen LogP contribution >= 0.6 is 0 Å². The molecule has 8 nitrogen and oxygen atoms in total.